The Balaban J connectivity index is 4.42. The summed E-state index contributed by atoms with van der Waals surface area (Å²) >= 11 is 0. The van der Waals surface area contributed by atoms with Gasteiger partial charge in [0.15, 0.2) is 6.10 Å². The van der Waals surface area contributed by atoms with Gasteiger partial charge < -0.3 is 14.2 Å². The first-order valence-electron chi connectivity index (χ1n) is 30.2. The van der Waals surface area contributed by atoms with Crippen molar-refractivity contribution in [3.63, 3.8) is 0 Å². The average molecular weight is 1020 g/mol. The molecule has 0 aromatic rings. The van der Waals surface area contributed by atoms with Crippen LogP contribution in [0.4, 0.5) is 0 Å². The highest BCUT2D eigenvalue weighted by atomic mass is 16.6. The third-order valence-corrected chi connectivity index (χ3v) is 12.4. The predicted molar refractivity (Wildman–Crippen MR) is 320 cm³/mol. The second kappa shape index (κ2) is 61.1. The molecule has 418 valence electrons. The quantitative estimate of drug-likeness (QED) is 0.0261. The summed E-state index contributed by atoms with van der Waals surface area (Å²) in [7, 11) is 0. The predicted octanol–water partition coefficient (Wildman–Crippen LogP) is 20.6. The van der Waals surface area contributed by atoms with Gasteiger partial charge in [0.1, 0.15) is 13.2 Å². The minimum atomic E-state index is -0.806. The largest absolute Gasteiger partial charge is 0.462 e. The number of esters is 3. The highest BCUT2D eigenvalue weighted by molar-refractivity contribution is 5.71. The lowest BCUT2D eigenvalue weighted by Gasteiger charge is -2.18. The summed E-state index contributed by atoms with van der Waals surface area (Å²) < 4.78 is 16.8. The number of rotatable bonds is 53. The van der Waals surface area contributed by atoms with Crippen LogP contribution >= 0.6 is 0 Å². The Morgan fingerprint density at radius 2 is 0.527 bits per heavy atom. The molecule has 0 aromatic carbocycles. The molecular formula is C68H110O6. The molecule has 1 unspecified atom stereocenters. The highest BCUT2D eigenvalue weighted by Gasteiger charge is 2.19. The van der Waals surface area contributed by atoms with Gasteiger partial charge in [-0.3, -0.25) is 14.4 Å². The third-order valence-electron chi connectivity index (χ3n) is 12.4. The molecule has 0 fully saturated rings. The van der Waals surface area contributed by atoms with E-state index in [4.69, 9.17) is 14.2 Å². The van der Waals surface area contributed by atoms with Crippen molar-refractivity contribution in [2.24, 2.45) is 0 Å². The number of allylic oxidation sites excluding steroid dienone is 22. The monoisotopic (exact) mass is 1020 g/mol. The lowest BCUT2D eigenvalue weighted by atomic mass is 10.1. The van der Waals surface area contributed by atoms with Crippen LogP contribution in [0.2, 0.25) is 0 Å². The van der Waals surface area contributed by atoms with E-state index in [9.17, 15) is 14.4 Å². The molecule has 0 aliphatic carbocycles. The maximum absolute atomic E-state index is 12.9. The fourth-order valence-corrected chi connectivity index (χ4v) is 7.88. The van der Waals surface area contributed by atoms with Crippen molar-refractivity contribution in [1.29, 1.82) is 0 Å². The van der Waals surface area contributed by atoms with Crippen LogP contribution in [-0.4, -0.2) is 37.2 Å². The summed E-state index contributed by atoms with van der Waals surface area (Å²) in [5, 5.41) is 0. The van der Waals surface area contributed by atoms with Crippen LogP contribution in [0.15, 0.2) is 134 Å². The van der Waals surface area contributed by atoms with Gasteiger partial charge >= 0.3 is 17.9 Å². The summed E-state index contributed by atoms with van der Waals surface area (Å²) in [6, 6.07) is 0. The first-order chi connectivity index (χ1) is 36.5. The summed E-state index contributed by atoms with van der Waals surface area (Å²) in [6.45, 7) is 6.43. The Hall–Kier alpha value is -4.45. The molecule has 0 saturated heterocycles. The Bertz CT molecular complexity index is 1600. The molecule has 0 amide bonds. The van der Waals surface area contributed by atoms with Crippen molar-refractivity contribution in [2.45, 2.75) is 264 Å². The number of carbonyl (C=O) groups is 3. The van der Waals surface area contributed by atoms with Crippen LogP contribution in [0.3, 0.4) is 0 Å². The van der Waals surface area contributed by atoms with Gasteiger partial charge in [0.25, 0.3) is 0 Å². The van der Waals surface area contributed by atoms with Crippen LogP contribution < -0.4 is 0 Å². The topological polar surface area (TPSA) is 78.9 Å². The molecule has 0 heterocycles. The number of ether oxygens (including phenoxy) is 3. The van der Waals surface area contributed by atoms with Crippen molar-refractivity contribution in [3.05, 3.63) is 134 Å². The summed E-state index contributed by atoms with van der Waals surface area (Å²) in [4.78, 5) is 38.1. The summed E-state index contributed by atoms with van der Waals surface area (Å²) in [5.41, 5.74) is 0. The minimum Gasteiger partial charge on any atom is -0.462 e. The first kappa shape index (κ1) is 69.5. The first-order valence-corrected chi connectivity index (χ1v) is 30.2. The molecule has 1 atom stereocenters. The van der Waals surface area contributed by atoms with E-state index in [1.54, 1.807) is 0 Å². The van der Waals surface area contributed by atoms with Crippen LogP contribution in [0.5, 0.6) is 0 Å². The van der Waals surface area contributed by atoms with Gasteiger partial charge in [0, 0.05) is 19.3 Å². The number of unbranched alkanes of at least 4 members (excludes halogenated alkanes) is 20. The van der Waals surface area contributed by atoms with Gasteiger partial charge in [-0.05, 0) is 122 Å². The van der Waals surface area contributed by atoms with Crippen LogP contribution in [0.1, 0.15) is 258 Å². The van der Waals surface area contributed by atoms with E-state index in [0.717, 1.165) is 128 Å². The molecule has 0 saturated carbocycles. The van der Waals surface area contributed by atoms with Crippen molar-refractivity contribution in [1.82, 2.24) is 0 Å². The molecule has 0 N–H and O–H groups in total. The van der Waals surface area contributed by atoms with Gasteiger partial charge in [-0.25, -0.2) is 0 Å². The Labute approximate surface area is 455 Å². The molecule has 0 bridgehead atoms. The molecule has 0 rings (SSSR count). The second-order valence-corrected chi connectivity index (χ2v) is 19.5. The van der Waals surface area contributed by atoms with E-state index >= 15 is 0 Å². The fraction of sp³-hybridized carbons (Fsp3) is 0.632. The number of hydrogen-bond donors (Lipinski definition) is 0. The summed E-state index contributed by atoms with van der Waals surface area (Å²) in [6.07, 6.45) is 85.9. The highest BCUT2D eigenvalue weighted by Crippen LogP contribution is 2.14. The summed E-state index contributed by atoms with van der Waals surface area (Å²) in [5.74, 6) is -0.962. The lowest BCUT2D eigenvalue weighted by Crippen LogP contribution is -2.30. The lowest BCUT2D eigenvalue weighted by molar-refractivity contribution is -0.167. The molecule has 0 aliphatic heterocycles. The van der Waals surface area contributed by atoms with E-state index in [0.29, 0.717) is 25.7 Å². The van der Waals surface area contributed by atoms with Gasteiger partial charge in [0.2, 0.25) is 0 Å². The molecule has 0 spiro atoms. The Morgan fingerprint density at radius 1 is 0.284 bits per heavy atom. The molecule has 0 aromatic heterocycles. The molecular weight excluding hydrogens is 913 g/mol. The molecule has 6 heteroatoms. The second-order valence-electron chi connectivity index (χ2n) is 19.5. The van der Waals surface area contributed by atoms with Crippen LogP contribution in [0, 0.1) is 0 Å². The molecule has 6 nitrogen and oxygen atoms in total. The van der Waals surface area contributed by atoms with E-state index in [2.05, 4.69) is 154 Å². The van der Waals surface area contributed by atoms with Gasteiger partial charge in [-0.1, -0.05) is 251 Å². The van der Waals surface area contributed by atoms with E-state index in [1.165, 1.54) is 83.5 Å². The van der Waals surface area contributed by atoms with Crippen molar-refractivity contribution < 1.29 is 28.6 Å². The molecule has 74 heavy (non-hydrogen) atoms. The van der Waals surface area contributed by atoms with E-state index in [-0.39, 0.29) is 31.1 Å². The molecule has 0 radical (unpaired) electrons. The van der Waals surface area contributed by atoms with E-state index in [1.807, 2.05) is 0 Å². The Morgan fingerprint density at radius 3 is 0.878 bits per heavy atom. The Kier molecular flexibility index (Phi) is 57.4. The fourth-order valence-electron chi connectivity index (χ4n) is 7.88. The van der Waals surface area contributed by atoms with Gasteiger partial charge in [0.05, 0.1) is 0 Å². The standard InChI is InChI=1S/C68H110O6/c1-4-7-10-13-16-19-22-24-26-28-30-31-32-33-34-35-36-37-39-40-42-44-46-49-52-55-58-61-67(70)73-64-65(63-72-66(69)60-57-54-51-48-21-18-15-12-9-6-3)74-68(71)62-59-56-53-50-47-45-43-41-38-29-27-25-23-20-17-14-11-8-5-2/h7,10,16-17,19-20,24-27,30-31,33-34,36-38,40-42,46,49,65H,4-6,8-9,11-15,18,21-23,28-29,32,35,39,43-45,47-48,50-64H2,1-3H3/b10-7-,19-16-,20-17-,26-24-,27-25-,31-30-,34-33-,37-36-,41-38-,42-40-,49-46-. The maximum Gasteiger partial charge on any atom is 0.306 e. The van der Waals surface area contributed by atoms with Crippen LogP contribution in [0.25, 0.3) is 0 Å². The van der Waals surface area contributed by atoms with Crippen molar-refractivity contribution in [2.75, 3.05) is 13.2 Å². The maximum atomic E-state index is 12.9. The zero-order chi connectivity index (χ0) is 53.6. The third kappa shape index (κ3) is 58.4. The van der Waals surface area contributed by atoms with Gasteiger partial charge in [-0.15, -0.1) is 0 Å². The van der Waals surface area contributed by atoms with Crippen molar-refractivity contribution >= 4 is 17.9 Å². The zero-order valence-corrected chi connectivity index (χ0v) is 47.8. The number of hydrogen-bond acceptors (Lipinski definition) is 6. The van der Waals surface area contributed by atoms with Gasteiger partial charge in [-0.2, -0.15) is 0 Å². The van der Waals surface area contributed by atoms with E-state index < -0.39 is 6.10 Å². The average Bonchev–Trinajstić information content (AvgIpc) is 3.40. The SMILES string of the molecule is CC/C=C\C/C=C\C/C=C\C/C=C\C/C=C\C/C=C\C/C=C\C/C=C\CCCCC(=O)OCC(COC(=O)CCCCCCCCCCCC)OC(=O)CCCCCCCC/C=C\C/C=C\C/C=C\CCCCC. The number of carbonyl (C=O) groups excluding carboxylic acids is 3. The van der Waals surface area contributed by atoms with Crippen LogP contribution in [-0.2, 0) is 28.6 Å². The minimum absolute atomic E-state index is 0.0997. The zero-order valence-electron chi connectivity index (χ0n) is 47.8. The smallest absolute Gasteiger partial charge is 0.306 e. The normalized spacial score (nSPS) is 13.1. The molecule has 0 aliphatic rings. The van der Waals surface area contributed by atoms with Crippen molar-refractivity contribution in [3.8, 4) is 0 Å².